The van der Waals surface area contributed by atoms with Crippen LogP contribution in [-0.2, 0) is 4.18 Å². The number of hydrogen-bond acceptors (Lipinski definition) is 5. The normalized spacial score (nSPS) is 9.69. The highest BCUT2D eigenvalue weighted by Crippen LogP contribution is 2.14. The third-order valence-corrected chi connectivity index (χ3v) is 1.71. The number of aryl methyl sites for hydroxylation is 2. The van der Waals surface area contributed by atoms with Gasteiger partial charge in [-0.3, -0.25) is 0 Å². The largest absolute Gasteiger partial charge is 0.518 e. The lowest BCUT2D eigenvalue weighted by atomic mass is 10.4. The molecule has 1 aromatic rings. The number of carboxylic acid groups (broad SMARTS) is 1. The molecule has 0 aliphatic rings. The fourth-order valence-corrected chi connectivity index (χ4v) is 1.31. The Morgan fingerprint density at radius 1 is 1.46 bits per heavy atom. The van der Waals surface area contributed by atoms with Crippen LogP contribution in [0.4, 0.5) is 4.79 Å². The average Bonchev–Trinajstić information content (AvgIpc) is 1.99. The first-order valence-electron chi connectivity index (χ1n) is 3.47. The molecule has 0 saturated carbocycles. The Balaban J connectivity index is 2.71. The maximum atomic E-state index is 10.0. The van der Waals surface area contributed by atoms with Gasteiger partial charge in [-0.05, 0) is 19.9 Å². The summed E-state index contributed by atoms with van der Waals surface area (Å²) in [6, 6.07) is 1.80. The molecule has 0 aromatic carbocycles. The molecular weight excluding hydrogens is 192 g/mol. The van der Waals surface area contributed by atoms with Crippen LogP contribution in [0.2, 0.25) is 0 Å². The van der Waals surface area contributed by atoms with Crippen molar-refractivity contribution in [2.45, 2.75) is 19.0 Å². The van der Waals surface area contributed by atoms with Gasteiger partial charge in [-0.15, -0.1) is 0 Å². The molecule has 1 heterocycles. The van der Waals surface area contributed by atoms with Crippen LogP contribution in [0.1, 0.15) is 11.4 Å². The Bertz CT molecular complexity index is 309. The predicted molar refractivity (Wildman–Crippen MR) is 46.5 cm³/mol. The zero-order valence-electron chi connectivity index (χ0n) is 7.14. The van der Waals surface area contributed by atoms with Gasteiger partial charge in [0, 0.05) is 11.4 Å². The smallest absolute Gasteiger partial charge is 0.449 e. The summed E-state index contributed by atoms with van der Waals surface area (Å²) < 4.78 is 4.25. The fourth-order valence-electron chi connectivity index (χ4n) is 0.804. The van der Waals surface area contributed by atoms with Crippen molar-refractivity contribution in [3.8, 4) is 0 Å². The number of carbonyl (C=O) groups is 1. The molecule has 5 nitrogen and oxygen atoms in total. The second kappa shape index (κ2) is 4.08. The first-order valence-corrected chi connectivity index (χ1v) is 4.22. The van der Waals surface area contributed by atoms with Crippen LogP contribution in [0.15, 0.2) is 11.2 Å². The topological polar surface area (TPSA) is 72.3 Å². The molecule has 0 fully saturated rings. The highest BCUT2D eigenvalue weighted by Gasteiger charge is 2.04. The molecule has 0 unspecified atom stereocenters. The van der Waals surface area contributed by atoms with E-state index in [1.165, 1.54) is 0 Å². The number of nitrogens with zero attached hydrogens (tertiary/aromatic N) is 2. The van der Waals surface area contributed by atoms with E-state index >= 15 is 0 Å². The van der Waals surface area contributed by atoms with E-state index in [-0.39, 0.29) is 0 Å². The van der Waals surface area contributed by atoms with Crippen LogP contribution in [0.25, 0.3) is 0 Å². The molecule has 0 aliphatic carbocycles. The number of hydrogen-bond donors (Lipinski definition) is 1. The first kappa shape index (κ1) is 9.79. The molecule has 13 heavy (non-hydrogen) atoms. The summed E-state index contributed by atoms with van der Waals surface area (Å²) in [4.78, 5) is 18.0. The van der Waals surface area contributed by atoms with Crippen LogP contribution in [0.5, 0.6) is 0 Å². The van der Waals surface area contributed by atoms with Crippen molar-refractivity contribution in [1.29, 1.82) is 0 Å². The van der Waals surface area contributed by atoms with Gasteiger partial charge in [-0.1, -0.05) is 0 Å². The number of rotatable bonds is 2. The Hall–Kier alpha value is -1.30. The van der Waals surface area contributed by atoms with E-state index in [4.69, 9.17) is 5.11 Å². The van der Waals surface area contributed by atoms with Gasteiger partial charge in [0.2, 0.25) is 5.16 Å². The molecule has 1 rings (SSSR count). The lowest BCUT2D eigenvalue weighted by Crippen LogP contribution is -1.96. The average molecular weight is 200 g/mol. The van der Waals surface area contributed by atoms with Crippen molar-refractivity contribution in [3.05, 3.63) is 17.5 Å². The molecule has 1 aromatic heterocycles. The second-order valence-corrected chi connectivity index (χ2v) is 3.06. The molecule has 0 atom stereocenters. The first-order chi connectivity index (χ1) is 6.08. The van der Waals surface area contributed by atoms with Crippen LogP contribution >= 0.6 is 12.0 Å². The van der Waals surface area contributed by atoms with Gasteiger partial charge >= 0.3 is 6.16 Å². The highest BCUT2D eigenvalue weighted by molar-refractivity contribution is 7.94. The van der Waals surface area contributed by atoms with Crippen molar-refractivity contribution < 1.29 is 14.1 Å². The number of aromatic nitrogens is 2. The summed E-state index contributed by atoms with van der Waals surface area (Å²) in [5, 5.41) is 8.52. The molecule has 6 heteroatoms. The molecule has 0 bridgehead atoms. The molecule has 0 radical (unpaired) electrons. The van der Waals surface area contributed by atoms with Gasteiger partial charge in [-0.25, -0.2) is 14.8 Å². The summed E-state index contributed by atoms with van der Waals surface area (Å²) in [5.74, 6) is 0. The van der Waals surface area contributed by atoms with Crippen molar-refractivity contribution in [3.63, 3.8) is 0 Å². The van der Waals surface area contributed by atoms with E-state index in [0.717, 1.165) is 11.4 Å². The third-order valence-electron chi connectivity index (χ3n) is 1.15. The van der Waals surface area contributed by atoms with E-state index in [1.807, 2.05) is 0 Å². The van der Waals surface area contributed by atoms with Crippen molar-refractivity contribution in [1.82, 2.24) is 9.97 Å². The Morgan fingerprint density at radius 2 is 2.00 bits per heavy atom. The van der Waals surface area contributed by atoms with E-state index in [9.17, 15) is 4.79 Å². The molecule has 0 aliphatic heterocycles. The van der Waals surface area contributed by atoms with E-state index in [2.05, 4.69) is 14.2 Å². The van der Waals surface area contributed by atoms with Gasteiger partial charge in [0.25, 0.3) is 0 Å². The minimum Gasteiger partial charge on any atom is -0.449 e. The Kier molecular flexibility index (Phi) is 3.07. The molecule has 70 valence electrons. The SMILES string of the molecule is Cc1cc(C)nc(SOC(=O)O)n1. The standard InChI is InChI=1S/C7H8N2O3S/c1-4-3-5(2)9-6(8-4)13-12-7(10)11/h3H,1-2H3,(H,10,11). The summed E-state index contributed by atoms with van der Waals surface area (Å²) in [7, 11) is 0. The van der Waals surface area contributed by atoms with Crippen LogP contribution < -0.4 is 0 Å². The zero-order valence-corrected chi connectivity index (χ0v) is 7.96. The predicted octanol–water partition coefficient (Wildman–Crippen LogP) is 1.80. The quantitative estimate of drug-likeness (QED) is 0.579. The van der Waals surface area contributed by atoms with Crippen molar-refractivity contribution in [2.75, 3.05) is 0 Å². The van der Waals surface area contributed by atoms with Gasteiger partial charge in [-0.2, -0.15) is 0 Å². The van der Waals surface area contributed by atoms with Crippen LogP contribution in [0, 0.1) is 13.8 Å². The highest BCUT2D eigenvalue weighted by atomic mass is 32.2. The molecule has 1 N–H and O–H groups in total. The molecule has 0 amide bonds. The Morgan fingerprint density at radius 3 is 2.46 bits per heavy atom. The summed E-state index contributed by atoms with van der Waals surface area (Å²) in [5.41, 5.74) is 1.56. The summed E-state index contributed by atoms with van der Waals surface area (Å²) in [6.07, 6.45) is -1.35. The van der Waals surface area contributed by atoms with Crippen molar-refractivity contribution >= 4 is 18.2 Å². The van der Waals surface area contributed by atoms with Crippen molar-refractivity contribution in [2.24, 2.45) is 0 Å². The lowest BCUT2D eigenvalue weighted by molar-refractivity contribution is 0.152. The molecule has 0 spiro atoms. The second-order valence-electron chi connectivity index (χ2n) is 2.37. The fraction of sp³-hybridized carbons (Fsp3) is 0.286. The van der Waals surface area contributed by atoms with Gasteiger partial charge in [0.1, 0.15) is 12.0 Å². The zero-order chi connectivity index (χ0) is 9.84. The van der Waals surface area contributed by atoms with Gasteiger partial charge in [0.05, 0.1) is 0 Å². The Labute approximate surface area is 79.4 Å². The molecule has 0 saturated heterocycles. The minimum absolute atomic E-state index is 0.305. The summed E-state index contributed by atoms with van der Waals surface area (Å²) in [6.45, 7) is 3.61. The van der Waals surface area contributed by atoms with Gasteiger partial charge < -0.3 is 9.29 Å². The van der Waals surface area contributed by atoms with E-state index in [0.29, 0.717) is 17.2 Å². The lowest BCUT2D eigenvalue weighted by Gasteiger charge is -1.99. The van der Waals surface area contributed by atoms with Crippen LogP contribution in [-0.4, -0.2) is 21.2 Å². The van der Waals surface area contributed by atoms with Gasteiger partial charge in [0.15, 0.2) is 0 Å². The molecular formula is C7H8N2O3S. The third kappa shape index (κ3) is 3.29. The summed E-state index contributed by atoms with van der Waals surface area (Å²) >= 11 is 0.635. The maximum Gasteiger partial charge on any atom is 0.518 e. The van der Waals surface area contributed by atoms with Crippen LogP contribution in [0.3, 0.4) is 0 Å². The van der Waals surface area contributed by atoms with E-state index in [1.54, 1.807) is 19.9 Å². The minimum atomic E-state index is -1.35. The maximum absolute atomic E-state index is 10.0. The van der Waals surface area contributed by atoms with E-state index < -0.39 is 6.16 Å². The monoisotopic (exact) mass is 200 g/mol.